The van der Waals surface area contributed by atoms with Crippen LogP contribution < -0.4 is 22.1 Å². The van der Waals surface area contributed by atoms with Gasteiger partial charge >= 0.3 is 6.03 Å². The largest absolute Gasteiger partial charge is 0.352 e. The topological polar surface area (TPSA) is 127 Å². The van der Waals surface area contributed by atoms with Crippen molar-refractivity contribution in [2.75, 3.05) is 6.54 Å². The number of primary amides is 1. The van der Waals surface area contributed by atoms with Gasteiger partial charge < -0.3 is 22.1 Å². The van der Waals surface area contributed by atoms with E-state index in [1.807, 2.05) is 27.7 Å². The molecule has 2 unspecified atom stereocenters. The third-order valence-corrected chi connectivity index (χ3v) is 2.80. The van der Waals surface area contributed by atoms with Gasteiger partial charge in [-0.05, 0) is 25.7 Å². The molecule has 0 aromatic rings. The molecule has 0 spiro atoms. The summed E-state index contributed by atoms with van der Waals surface area (Å²) in [6, 6.07) is -1.82. The maximum absolute atomic E-state index is 11.8. The van der Waals surface area contributed by atoms with Gasteiger partial charge in [0, 0.05) is 6.54 Å². The number of Topliss-reactive ketones (excluding diaryl/α,β-unsaturated/α-hetero) is 1. The van der Waals surface area contributed by atoms with Gasteiger partial charge in [-0.25, -0.2) is 4.79 Å². The van der Waals surface area contributed by atoms with Gasteiger partial charge in [0.15, 0.2) is 5.78 Å². The number of rotatable bonds is 8. The molecule has 6 N–H and O–H groups in total. The standard InChI is InChI=1S/C12H24N4O3.C2H6/c1-7(2)10(13)11(18)16-9(8(3)17)5-4-6-15-12(14)19;1-2/h7,9-10H,4-6,13H2,1-3H3,(H,16,18)(H3,14,15,19);1-2H3. The summed E-state index contributed by atoms with van der Waals surface area (Å²) in [5, 5.41) is 5.05. The Labute approximate surface area is 127 Å². The molecule has 7 heteroatoms. The van der Waals surface area contributed by atoms with Crippen molar-refractivity contribution in [3.63, 3.8) is 0 Å². The highest BCUT2D eigenvalue weighted by molar-refractivity contribution is 5.89. The van der Waals surface area contributed by atoms with Crippen molar-refractivity contribution < 1.29 is 14.4 Å². The predicted molar refractivity (Wildman–Crippen MR) is 83.6 cm³/mol. The minimum absolute atomic E-state index is 0.00383. The lowest BCUT2D eigenvalue weighted by Gasteiger charge is -2.20. The number of carbonyl (C=O) groups is 3. The summed E-state index contributed by atoms with van der Waals surface area (Å²) in [6.07, 6.45) is 0.983. The van der Waals surface area contributed by atoms with Gasteiger partial charge in [0.05, 0.1) is 12.1 Å². The molecule has 0 heterocycles. The van der Waals surface area contributed by atoms with Crippen LogP contribution in [0.2, 0.25) is 0 Å². The van der Waals surface area contributed by atoms with Crippen molar-refractivity contribution in [1.29, 1.82) is 0 Å². The molecule has 21 heavy (non-hydrogen) atoms. The van der Waals surface area contributed by atoms with E-state index in [-0.39, 0.29) is 17.6 Å². The summed E-state index contributed by atoms with van der Waals surface area (Å²) >= 11 is 0. The zero-order valence-corrected chi connectivity index (χ0v) is 13.7. The van der Waals surface area contributed by atoms with Crippen LogP contribution in [0.5, 0.6) is 0 Å². The molecule has 0 aromatic heterocycles. The normalized spacial score (nSPS) is 12.7. The summed E-state index contributed by atoms with van der Waals surface area (Å²) in [4.78, 5) is 33.7. The Kier molecular flexibility index (Phi) is 12.5. The number of nitrogens with one attached hydrogen (secondary N) is 2. The third-order valence-electron chi connectivity index (χ3n) is 2.80. The molecule has 0 radical (unpaired) electrons. The van der Waals surface area contributed by atoms with Gasteiger partial charge in [0.25, 0.3) is 0 Å². The van der Waals surface area contributed by atoms with Gasteiger partial charge in [-0.15, -0.1) is 0 Å². The fourth-order valence-electron chi connectivity index (χ4n) is 1.47. The molecule has 124 valence electrons. The summed E-state index contributed by atoms with van der Waals surface area (Å²) in [5.74, 6) is -0.467. The van der Waals surface area contributed by atoms with E-state index in [1.165, 1.54) is 6.92 Å². The first kappa shape index (κ1) is 21.7. The highest BCUT2D eigenvalue weighted by Gasteiger charge is 2.22. The van der Waals surface area contributed by atoms with Crippen molar-refractivity contribution in [2.45, 2.75) is 59.5 Å². The second-order valence-corrected chi connectivity index (χ2v) is 4.87. The lowest BCUT2D eigenvalue weighted by molar-refractivity contribution is -0.128. The maximum atomic E-state index is 11.8. The number of hydrogen-bond donors (Lipinski definition) is 4. The molecule has 0 aliphatic carbocycles. The molecule has 0 rings (SSSR count). The van der Waals surface area contributed by atoms with Crippen LogP contribution in [-0.4, -0.2) is 36.3 Å². The van der Waals surface area contributed by atoms with Crippen molar-refractivity contribution >= 4 is 17.7 Å². The molecule has 0 aromatic carbocycles. The molecule has 0 bridgehead atoms. The van der Waals surface area contributed by atoms with Crippen LogP contribution in [0.3, 0.4) is 0 Å². The first-order valence-corrected chi connectivity index (χ1v) is 7.35. The number of carbonyl (C=O) groups excluding carboxylic acids is 3. The van der Waals surface area contributed by atoms with Crippen LogP contribution in [0.25, 0.3) is 0 Å². The first-order valence-electron chi connectivity index (χ1n) is 7.35. The molecule has 0 aliphatic heterocycles. The highest BCUT2D eigenvalue weighted by atomic mass is 16.2. The van der Waals surface area contributed by atoms with E-state index < -0.39 is 18.1 Å². The molecular weight excluding hydrogens is 272 g/mol. The van der Waals surface area contributed by atoms with Crippen LogP contribution in [0, 0.1) is 5.92 Å². The molecule has 0 saturated carbocycles. The quantitative estimate of drug-likeness (QED) is 0.487. The van der Waals surface area contributed by atoms with E-state index in [4.69, 9.17) is 11.5 Å². The fraction of sp³-hybridized carbons (Fsp3) is 0.786. The number of hydrogen-bond acceptors (Lipinski definition) is 4. The number of nitrogens with two attached hydrogens (primary N) is 2. The lowest BCUT2D eigenvalue weighted by Crippen LogP contribution is -2.50. The molecule has 7 nitrogen and oxygen atoms in total. The van der Waals surface area contributed by atoms with E-state index in [2.05, 4.69) is 10.6 Å². The molecule has 3 amide bonds. The Bertz CT molecular complexity index is 332. The smallest absolute Gasteiger partial charge is 0.312 e. The summed E-state index contributed by atoms with van der Waals surface area (Å²) in [7, 11) is 0. The minimum Gasteiger partial charge on any atom is -0.352 e. The Balaban J connectivity index is 0. The summed E-state index contributed by atoms with van der Waals surface area (Å²) in [6.45, 7) is 9.45. The average molecular weight is 302 g/mol. The molecule has 0 saturated heterocycles. The maximum Gasteiger partial charge on any atom is 0.312 e. The minimum atomic E-state index is -0.634. The number of amides is 3. The first-order chi connectivity index (χ1) is 9.75. The molecule has 0 aliphatic rings. The van der Waals surface area contributed by atoms with Crippen LogP contribution in [-0.2, 0) is 9.59 Å². The molecule has 2 atom stereocenters. The van der Waals surface area contributed by atoms with Crippen molar-refractivity contribution in [3.8, 4) is 0 Å². The Morgan fingerprint density at radius 1 is 1.14 bits per heavy atom. The van der Waals surface area contributed by atoms with E-state index in [9.17, 15) is 14.4 Å². The van der Waals surface area contributed by atoms with E-state index in [1.54, 1.807) is 0 Å². The van der Waals surface area contributed by atoms with Crippen LogP contribution >= 0.6 is 0 Å². The van der Waals surface area contributed by atoms with Crippen LogP contribution in [0.4, 0.5) is 4.79 Å². The monoisotopic (exact) mass is 302 g/mol. The number of ketones is 1. The average Bonchev–Trinajstić information content (AvgIpc) is 2.42. The second-order valence-electron chi connectivity index (χ2n) is 4.87. The highest BCUT2D eigenvalue weighted by Crippen LogP contribution is 2.02. The van der Waals surface area contributed by atoms with Gasteiger partial charge in [-0.3, -0.25) is 9.59 Å². The molecule has 0 fully saturated rings. The molecular formula is C14H30N4O3. The van der Waals surface area contributed by atoms with E-state index in [0.717, 1.165) is 0 Å². The van der Waals surface area contributed by atoms with Gasteiger partial charge in [-0.2, -0.15) is 0 Å². The van der Waals surface area contributed by atoms with Crippen molar-refractivity contribution in [2.24, 2.45) is 17.4 Å². The lowest BCUT2D eigenvalue weighted by atomic mass is 10.0. The SMILES string of the molecule is CC.CC(=O)C(CCCNC(N)=O)NC(=O)C(N)C(C)C. The third kappa shape index (κ3) is 10.8. The van der Waals surface area contributed by atoms with Gasteiger partial charge in [-0.1, -0.05) is 27.7 Å². The number of urea groups is 1. The predicted octanol–water partition coefficient (Wildman–Crippen LogP) is 0.518. The van der Waals surface area contributed by atoms with Crippen molar-refractivity contribution in [1.82, 2.24) is 10.6 Å². The van der Waals surface area contributed by atoms with Gasteiger partial charge in [0.1, 0.15) is 0 Å². The van der Waals surface area contributed by atoms with Crippen molar-refractivity contribution in [3.05, 3.63) is 0 Å². The zero-order chi connectivity index (χ0) is 17.0. The Morgan fingerprint density at radius 2 is 1.67 bits per heavy atom. The van der Waals surface area contributed by atoms with E-state index in [0.29, 0.717) is 19.4 Å². The fourth-order valence-corrected chi connectivity index (χ4v) is 1.47. The van der Waals surface area contributed by atoms with Crippen LogP contribution in [0.15, 0.2) is 0 Å². The summed E-state index contributed by atoms with van der Waals surface area (Å²) < 4.78 is 0. The van der Waals surface area contributed by atoms with Gasteiger partial charge in [0.2, 0.25) is 5.91 Å². The second kappa shape index (κ2) is 12.1. The van der Waals surface area contributed by atoms with E-state index >= 15 is 0 Å². The Morgan fingerprint density at radius 3 is 2.05 bits per heavy atom. The zero-order valence-electron chi connectivity index (χ0n) is 13.7. The Hall–Kier alpha value is -1.63. The summed E-state index contributed by atoms with van der Waals surface area (Å²) in [5.41, 5.74) is 10.6. The van der Waals surface area contributed by atoms with Crippen LogP contribution in [0.1, 0.15) is 47.5 Å².